The zero-order valence-electron chi connectivity index (χ0n) is 11.3. The molecular formula is C14H20N2O4. The molecule has 2 aliphatic rings. The summed E-state index contributed by atoms with van der Waals surface area (Å²) in [6.07, 6.45) is 0. The van der Waals surface area contributed by atoms with Crippen LogP contribution in [0.4, 0.5) is 5.69 Å². The Morgan fingerprint density at radius 3 is 2.50 bits per heavy atom. The van der Waals surface area contributed by atoms with Crippen molar-refractivity contribution in [2.24, 2.45) is 0 Å². The smallest absolute Gasteiger partial charge is 0.184 e. The Hall–Kier alpha value is -1.50. The molecule has 1 saturated heterocycles. The van der Waals surface area contributed by atoms with Crippen LogP contribution in [0.1, 0.15) is 0 Å². The van der Waals surface area contributed by atoms with E-state index in [9.17, 15) is 10.2 Å². The van der Waals surface area contributed by atoms with Gasteiger partial charge in [0.15, 0.2) is 11.5 Å². The molecule has 6 nitrogen and oxygen atoms in total. The van der Waals surface area contributed by atoms with Gasteiger partial charge in [-0.15, -0.1) is 0 Å². The molecule has 3 N–H and O–H groups in total. The molecule has 0 bridgehead atoms. The van der Waals surface area contributed by atoms with Crippen molar-refractivity contribution >= 4 is 5.69 Å². The van der Waals surface area contributed by atoms with E-state index in [-0.39, 0.29) is 25.3 Å². The number of benzene rings is 1. The maximum atomic E-state index is 9.38. The van der Waals surface area contributed by atoms with Gasteiger partial charge in [0.05, 0.1) is 18.9 Å². The van der Waals surface area contributed by atoms with Crippen LogP contribution >= 0.6 is 0 Å². The van der Waals surface area contributed by atoms with Gasteiger partial charge in [0, 0.05) is 25.2 Å². The number of nitrogens with one attached hydrogen (secondary N) is 1. The fourth-order valence-corrected chi connectivity index (χ4v) is 2.77. The average molecular weight is 280 g/mol. The van der Waals surface area contributed by atoms with Crippen LogP contribution in [-0.4, -0.2) is 61.8 Å². The molecule has 1 aromatic rings. The number of hydrogen-bond acceptors (Lipinski definition) is 6. The number of aliphatic hydroxyl groups excluding tert-OH is 2. The zero-order chi connectivity index (χ0) is 13.9. The van der Waals surface area contributed by atoms with E-state index in [1.807, 2.05) is 18.2 Å². The number of anilines is 1. The van der Waals surface area contributed by atoms with Crippen molar-refractivity contribution in [3.8, 4) is 11.5 Å². The average Bonchev–Trinajstić information content (AvgIpc) is 2.53. The summed E-state index contributed by atoms with van der Waals surface area (Å²) in [6, 6.07) is 5.71. The Morgan fingerprint density at radius 2 is 1.80 bits per heavy atom. The lowest BCUT2D eigenvalue weighted by Crippen LogP contribution is -2.59. The molecule has 1 fully saturated rings. The first-order valence-electron chi connectivity index (χ1n) is 6.93. The second kappa shape index (κ2) is 5.87. The fraction of sp³-hybridized carbons (Fsp3) is 0.571. The SMILES string of the molecule is OCC1CN(c2cccc3c2OCCO3)CC(CO)N1. The summed E-state index contributed by atoms with van der Waals surface area (Å²) in [4.78, 5) is 2.13. The third-order valence-electron chi connectivity index (χ3n) is 3.68. The highest BCUT2D eigenvalue weighted by Crippen LogP contribution is 2.39. The van der Waals surface area contributed by atoms with Crippen molar-refractivity contribution in [1.82, 2.24) is 5.32 Å². The van der Waals surface area contributed by atoms with Crippen molar-refractivity contribution in [1.29, 1.82) is 0 Å². The molecule has 0 amide bonds. The van der Waals surface area contributed by atoms with Crippen molar-refractivity contribution in [2.75, 3.05) is 44.4 Å². The molecule has 2 atom stereocenters. The Kier molecular flexibility index (Phi) is 3.95. The minimum absolute atomic E-state index is 0.0411. The number of para-hydroxylation sites is 1. The lowest BCUT2D eigenvalue weighted by Gasteiger charge is -2.40. The molecule has 6 heteroatoms. The van der Waals surface area contributed by atoms with Crippen LogP contribution in [0.25, 0.3) is 0 Å². The summed E-state index contributed by atoms with van der Waals surface area (Å²) in [5, 5.41) is 22.0. The molecule has 2 heterocycles. The molecule has 2 unspecified atom stereocenters. The molecule has 1 aromatic carbocycles. The lowest BCUT2D eigenvalue weighted by atomic mass is 10.1. The summed E-state index contributed by atoms with van der Waals surface area (Å²) in [5.74, 6) is 1.52. The van der Waals surface area contributed by atoms with Crippen LogP contribution < -0.4 is 19.7 Å². The predicted octanol–water partition coefficient (Wildman–Crippen LogP) is -0.411. The van der Waals surface area contributed by atoms with Gasteiger partial charge in [-0.1, -0.05) is 6.07 Å². The quantitative estimate of drug-likeness (QED) is 0.699. The second-order valence-electron chi connectivity index (χ2n) is 5.13. The lowest BCUT2D eigenvalue weighted by molar-refractivity contribution is 0.167. The van der Waals surface area contributed by atoms with E-state index in [4.69, 9.17) is 9.47 Å². The van der Waals surface area contributed by atoms with Crippen LogP contribution in [-0.2, 0) is 0 Å². The number of piperazine rings is 1. The minimum Gasteiger partial charge on any atom is -0.486 e. The third kappa shape index (κ3) is 2.54. The highest BCUT2D eigenvalue weighted by molar-refractivity contribution is 5.65. The Labute approximate surface area is 117 Å². The normalized spacial score (nSPS) is 25.6. The standard InChI is InChI=1S/C14H20N2O4/c17-8-10-6-16(7-11(9-18)15-10)12-2-1-3-13-14(12)20-5-4-19-13/h1-3,10-11,15,17-18H,4-9H2. The monoisotopic (exact) mass is 280 g/mol. The van der Waals surface area contributed by atoms with Crippen LogP contribution in [0.15, 0.2) is 18.2 Å². The van der Waals surface area contributed by atoms with Gasteiger partial charge in [0.25, 0.3) is 0 Å². The Balaban J connectivity index is 1.87. The Bertz CT molecular complexity index is 456. The molecule has 20 heavy (non-hydrogen) atoms. The highest BCUT2D eigenvalue weighted by atomic mass is 16.6. The fourth-order valence-electron chi connectivity index (χ4n) is 2.77. The van der Waals surface area contributed by atoms with Gasteiger partial charge in [0.2, 0.25) is 0 Å². The van der Waals surface area contributed by atoms with E-state index in [0.717, 1.165) is 17.2 Å². The molecule has 0 radical (unpaired) electrons. The van der Waals surface area contributed by atoms with Gasteiger partial charge in [-0.3, -0.25) is 0 Å². The summed E-state index contributed by atoms with van der Waals surface area (Å²) in [5.41, 5.74) is 0.959. The molecule has 0 saturated carbocycles. The van der Waals surface area contributed by atoms with E-state index in [1.165, 1.54) is 0 Å². The van der Waals surface area contributed by atoms with Crippen molar-refractivity contribution in [2.45, 2.75) is 12.1 Å². The first-order chi connectivity index (χ1) is 9.81. The van der Waals surface area contributed by atoms with E-state index < -0.39 is 0 Å². The number of hydrogen-bond donors (Lipinski definition) is 3. The van der Waals surface area contributed by atoms with Crippen molar-refractivity contribution < 1.29 is 19.7 Å². The van der Waals surface area contributed by atoms with Gasteiger partial charge in [-0.2, -0.15) is 0 Å². The van der Waals surface area contributed by atoms with Crippen LogP contribution in [0.2, 0.25) is 0 Å². The topological polar surface area (TPSA) is 74.2 Å². The maximum Gasteiger partial charge on any atom is 0.184 e. The van der Waals surface area contributed by atoms with Crippen molar-refractivity contribution in [3.63, 3.8) is 0 Å². The first-order valence-corrected chi connectivity index (χ1v) is 6.93. The van der Waals surface area contributed by atoms with Crippen molar-refractivity contribution in [3.05, 3.63) is 18.2 Å². The number of nitrogens with zero attached hydrogens (tertiary/aromatic N) is 1. The molecule has 0 aromatic heterocycles. The van der Waals surface area contributed by atoms with E-state index in [1.54, 1.807) is 0 Å². The third-order valence-corrected chi connectivity index (χ3v) is 3.68. The van der Waals surface area contributed by atoms with Crippen LogP contribution in [0.5, 0.6) is 11.5 Å². The summed E-state index contributed by atoms with van der Waals surface area (Å²) in [6.45, 7) is 2.54. The number of fused-ring (bicyclic) bond motifs is 1. The van der Waals surface area contributed by atoms with Crippen LogP contribution in [0, 0.1) is 0 Å². The van der Waals surface area contributed by atoms with Gasteiger partial charge in [-0.25, -0.2) is 0 Å². The van der Waals surface area contributed by atoms with Gasteiger partial charge in [0.1, 0.15) is 13.2 Å². The van der Waals surface area contributed by atoms with E-state index in [0.29, 0.717) is 26.3 Å². The largest absolute Gasteiger partial charge is 0.486 e. The number of rotatable bonds is 3. The van der Waals surface area contributed by atoms with Crippen LogP contribution in [0.3, 0.4) is 0 Å². The number of aliphatic hydroxyl groups is 2. The van der Waals surface area contributed by atoms with Gasteiger partial charge >= 0.3 is 0 Å². The molecule has 2 aliphatic heterocycles. The van der Waals surface area contributed by atoms with E-state index in [2.05, 4.69) is 10.2 Å². The second-order valence-corrected chi connectivity index (χ2v) is 5.13. The first kappa shape index (κ1) is 13.5. The zero-order valence-corrected chi connectivity index (χ0v) is 11.3. The van der Waals surface area contributed by atoms with E-state index >= 15 is 0 Å². The Morgan fingerprint density at radius 1 is 1.10 bits per heavy atom. The summed E-state index contributed by atoms with van der Waals surface area (Å²) in [7, 11) is 0. The van der Waals surface area contributed by atoms with Gasteiger partial charge in [-0.05, 0) is 12.1 Å². The molecule has 3 rings (SSSR count). The predicted molar refractivity (Wildman–Crippen MR) is 74.5 cm³/mol. The maximum absolute atomic E-state index is 9.38. The van der Waals surface area contributed by atoms with Gasteiger partial charge < -0.3 is 29.9 Å². The molecule has 0 aliphatic carbocycles. The molecule has 110 valence electrons. The minimum atomic E-state index is -0.0544. The summed E-state index contributed by atoms with van der Waals surface area (Å²) < 4.78 is 11.3. The highest BCUT2D eigenvalue weighted by Gasteiger charge is 2.29. The number of ether oxygens (including phenoxy) is 2. The summed E-state index contributed by atoms with van der Waals surface area (Å²) >= 11 is 0. The molecule has 0 spiro atoms. The molecular weight excluding hydrogens is 260 g/mol.